The van der Waals surface area contributed by atoms with E-state index in [9.17, 15) is 0 Å². The van der Waals surface area contributed by atoms with Crippen LogP contribution in [0.15, 0.2) is 192 Å². The number of oxazole rings is 1. The van der Waals surface area contributed by atoms with Crippen molar-refractivity contribution in [3.05, 3.63) is 188 Å². The van der Waals surface area contributed by atoms with Gasteiger partial charge in [-0.2, -0.15) is 0 Å². The summed E-state index contributed by atoms with van der Waals surface area (Å²) in [6.07, 6.45) is 0. The molecule has 0 fully saturated rings. The number of hydrogen-bond donors (Lipinski definition) is 0. The van der Waals surface area contributed by atoms with Crippen LogP contribution < -0.4 is 4.90 Å². The van der Waals surface area contributed by atoms with Gasteiger partial charge in [0.25, 0.3) is 0 Å². The minimum atomic E-state index is 0.621. The van der Waals surface area contributed by atoms with Gasteiger partial charge in [-0.25, -0.2) is 4.98 Å². The number of rotatable bonds is 6. The molecule has 8 aromatic carbocycles. The van der Waals surface area contributed by atoms with Gasteiger partial charge in [0.15, 0.2) is 5.58 Å². The summed E-state index contributed by atoms with van der Waals surface area (Å²) >= 11 is 0. The van der Waals surface area contributed by atoms with Crippen LogP contribution in [0.4, 0.5) is 17.1 Å². The van der Waals surface area contributed by atoms with Gasteiger partial charge >= 0.3 is 0 Å². The van der Waals surface area contributed by atoms with Crippen molar-refractivity contribution >= 4 is 60.7 Å². The molecule has 0 amide bonds. The lowest BCUT2D eigenvalue weighted by atomic mass is 10.0. The Labute approximate surface area is 295 Å². The third-order valence-electron chi connectivity index (χ3n) is 9.79. The molecule has 2 heterocycles. The van der Waals surface area contributed by atoms with Crippen molar-refractivity contribution in [3.63, 3.8) is 0 Å². The van der Waals surface area contributed by atoms with E-state index in [-0.39, 0.29) is 0 Å². The average Bonchev–Trinajstić information content (AvgIpc) is 3.79. The van der Waals surface area contributed by atoms with E-state index in [2.05, 4.69) is 167 Å². The van der Waals surface area contributed by atoms with E-state index in [4.69, 9.17) is 9.40 Å². The predicted octanol–water partition coefficient (Wildman–Crippen LogP) is 12.9. The smallest absolute Gasteiger partial charge is 0.227 e. The first kappa shape index (κ1) is 29.0. The van der Waals surface area contributed by atoms with Gasteiger partial charge in [-0.05, 0) is 90.0 Å². The lowest BCUT2D eigenvalue weighted by molar-refractivity contribution is 0.620. The molecule has 0 bridgehead atoms. The van der Waals surface area contributed by atoms with Crippen LogP contribution in [-0.2, 0) is 0 Å². The zero-order valence-electron chi connectivity index (χ0n) is 27.6. The Balaban J connectivity index is 1.22. The number of aromatic nitrogens is 2. The van der Waals surface area contributed by atoms with Crippen molar-refractivity contribution in [1.82, 2.24) is 9.55 Å². The van der Waals surface area contributed by atoms with Gasteiger partial charge < -0.3 is 13.9 Å². The predicted molar refractivity (Wildman–Crippen MR) is 211 cm³/mol. The van der Waals surface area contributed by atoms with Crippen LogP contribution in [0.25, 0.3) is 71.9 Å². The summed E-state index contributed by atoms with van der Waals surface area (Å²) in [5.74, 6) is 0.621. The maximum absolute atomic E-state index is 6.30. The zero-order chi connectivity index (χ0) is 33.7. The van der Waals surface area contributed by atoms with Crippen LogP contribution >= 0.6 is 0 Å². The van der Waals surface area contributed by atoms with Gasteiger partial charge in [-0.3, -0.25) is 0 Å². The second kappa shape index (κ2) is 11.9. The van der Waals surface area contributed by atoms with Crippen molar-refractivity contribution in [2.75, 3.05) is 4.90 Å². The number of benzene rings is 8. The second-order valence-corrected chi connectivity index (χ2v) is 12.8. The fraction of sp³-hybridized carbons (Fsp3) is 0. The molecular weight excluding hydrogens is 623 g/mol. The Kier molecular flexibility index (Phi) is 6.78. The molecular formula is C47H31N3O. The summed E-state index contributed by atoms with van der Waals surface area (Å²) in [5.41, 5.74) is 11.6. The Morgan fingerprint density at radius 2 is 1.08 bits per heavy atom. The first-order chi connectivity index (χ1) is 25.3. The molecule has 0 aliphatic rings. The highest BCUT2D eigenvalue weighted by Crippen LogP contribution is 2.44. The largest absolute Gasteiger partial charge is 0.436 e. The minimum absolute atomic E-state index is 0.621. The van der Waals surface area contributed by atoms with Gasteiger partial charge in [0.05, 0.1) is 16.7 Å². The van der Waals surface area contributed by atoms with Gasteiger partial charge in [0.2, 0.25) is 5.89 Å². The van der Waals surface area contributed by atoms with Crippen molar-refractivity contribution < 1.29 is 4.42 Å². The van der Waals surface area contributed by atoms with Gasteiger partial charge in [0, 0.05) is 44.2 Å². The highest BCUT2D eigenvalue weighted by atomic mass is 16.3. The lowest BCUT2D eigenvalue weighted by Crippen LogP contribution is -2.10. The Morgan fingerprint density at radius 3 is 1.90 bits per heavy atom. The highest BCUT2D eigenvalue weighted by Gasteiger charge is 2.21. The number of anilines is 3. The SMILES string of the molecule is c1ccc(-c2cccc(N(c3ccc4c(c3)c3ccccc3n4-c3ccccc3)c3cccc4c3ccc3oc(-c5ccccc5)nc34)c2)cc1. The van der Waals surface area contributed by atoms with Crippen molar-refractivity contribution in [3.8, 4) is 28.3 Å². The molecule has 4 heteroatoms. The van der Waals surface area contributed by atoms with Crippen LogP contribution in [0.1, 0.15) is 0 Å². The fourth-order valence-electron chi connectivity index (χ4n) is 7.47. The summed E-state index contributed by atoms with van der Waals surface area (Å²) in [4.78, 5) is 7.41. The molecule has 0 saturated heterocycles. The van der Waals surface area contributed by atoms with Crippen LogP contribution in [-0.4, -0.2) is 9.55 Å². The number of hydrogen-bond acceptors (Lipinski definition) is 3. The molecule has 51 heavy (non-hydrogen) atoms. The molecule has 240 valence electrons. The molecule has 0 aliphatic heterocycles. The van der Waals surface area contributed by atoms with E-state index < -0.39 is 0 Å². The van der Waals surface area contributed by atoms with Crippen LogP contribution in [0, 0.1) is 0 Å². The van der Waals surface area contributed by atoms with E-state index in [1.54, 1.807) is 0 Å². The topological polar surface area (TPSA) is 34.2 Å². The molecule has 0 radical (unpaired) electrons. The molecule has 4 nitrogen and oxygen atoms in total. The molecule has 0 atom stereocenters. The zero-order valence-corrected chi connectivity index (χ0v) is 27.6. The standard InChI is InChI=1S/C47H31N3O/c1-4-14-32(15-5-1)34-18-12-21-36(30-34)49(37-26-28-44-41(31-37)38-22-10-11-24-43(38)50(44)35-19-8-3-9-20-35)42-25-13-23-40-39(42)27-29-45-46(40)48-47(51-45)33-16-6-2-7-17-33/h1-31H. The fourth-order valence-corrected chi connectivity index (χ4v) is 7.47. The Bertz CT molecular complexity index is 2850. The van der Waals surface area contributed by atoms with E-state index >= 15 is 0 Å². The Hall–Kier alpha value is -6.91. The van der Waals surface area contributed by atoms with Crippen LogP contribution in [0.2, 0.25) is 0 Å². The molecule has 0 saturated carbocycles. The van der Waals surface area contributed by atoms with Crippen molar-refractivity contribution in [1.29, 1.82) is 0 Å². The van der Waals surface area contributed by atoms with Crippen LogP contribution in [0.3, 0.4) is 0 Å². The third-order valence-corrected chi connectivity index (χ3v) is 9.79. The monoisotopic (exact) mass is 653 g/mol. The summed E-state index contributed by atoms with van der Waals surface area (Å²) in [6.45, 7) is 0. The van der Waals surface area contributed by atoms with Crippen molar-refractivity contribution in [2.24, 2.45) is 0 Å². The highest BCUT2D eigenvalue weighted by molar-refractivity contribution is 6.13. The van der Waals surface area contributed by atoms with Gasteiger partial charge in [-0.1, -0.05) is 109 Å². The molecule has 0 spiro atoms. The molecule has 0 unspecified atom stereocenters. The number of para-hydroxylation sites is 2. The quantitative estimate of drug-likeness (QED) is 0.179. The van der Waals surface area contributed by atoms with Crippen LogP contribution in [0.5, 0.6) is 0 Å². The van der Waals surface area contributed by atoms with Gasteiger partial charge in [-0.15, -0.1) is 0 Å². The van der Waals surface area contributed by atoms with E-state index in [0.29, 0.717) is 5.89 Å². The summed E-state index contributed by atoms with van der Waals surface area (Å²) in [7, 11) is 0. The first-order valence-corrected chi connectivity index (χ1v) is 17.2. The van der Waals surface area contributed by atoms with E-state index in [0.717, 1.165) is 55.7 Å². The first-order valence-electron chi connectivity index (χ1n) is 17.2. The number of fused-ring (bicyclic) bond motifs is 6. The Morgan fingerprint density at radius 1 is 0.431 bits per heavy atom. The minimum Gasteiger partial charge on any atom is -0.436 e. The summed E-state index contributed by atoms with van der Waals surface area (Å²) in [5, 5.41) is 4.55. The third kappa shape index (κ3) is 4.88. The average molecular weight is 654 g/mol. The summed E-state index contributed by atoms with van der Waals surface area (Å²) < 4.78 is 8.66. The normalized spacial score (nSPS) is 11.5. The number of nitrogens with zero attached hydrogens (tertiary/aromatic N) is 3. The van der Waals surface area contributed by atoms with Gasteiger partial charge in [0.1, 0.15) is 5.52 Å². The second-order valence-electron chi connectivity index (χ2n) is 12.8. The maximum Gasteiger partial charge on any atom is 0.227 e. The summed E-state index contributed by atoms with van der Waals surface area (Å²) in [6, 6.07) is 66.3. The van der Waals surface area contributed by atoms with Crippen molar-refractivity contribution in [2.45, 2.75) is 0 Å². The van der Waals surface area contributed by atoms with E-state index in [1.165, 1.54) is 27.4 Å². The molecule has 2 aromatic heterocycles. The molecule has 10 aromatic rings. The maximum atomic E-state index is 6.30. The lowest BCUT2D eigenvalue weighted by Gasteiger charge is -2.27. The van der Waals surface area contributed by atoms with E-state index in [1.807, 2.05) is 30.3 Å². The molecule has 0 aliphatic carbocycles. The molecule has 0 N–H and O–H groups in total. The molecule has 10 rings (SSSR count).